The molecule has 0 radical (unpaired) electrons. The first-order valence-electron chi connectivity index (χ1n) is 11.1. The monoisotopic (exact) mass is 484 g/mol. The fourth-order valence-corrected chi connectivity index (χ4v) is 5.53. The van der Waals surface area contributed by atoms with Crippen molar-refractivity contribution in [1.29, 1.82) is 0 Å². The Morgan fingerprint density at radius 2 is 1.97 bits per heavy atom. The van der Waals surface area contributed by atoms with Crippen LogP contribution in [-0.2, 0) is 4.74 Å². The molecule has 6 rings (SSSR count). The summed E-state index contributed by atoms with van der Waals surface area (Å²) in [6.07, 6.45) is 8.06. The second-order valence-corrected chi connectivity index (χ2v) is 9.13. The number of aryl methyl sites for hydroxylation is 1. The van der Waals surface area contributed by atoms with Gasteiger partial charge in [-0.1, -0.05) is 18.2 Å². The fraction of sp³-hybridized carbons (Fsp3) is 0.417. The van der Waals surface area contributed by atoms with E-state index in [1.54, 1.807) is 0 Å². The number of imidazole rings is 1. The summed E-state index contributed by atoms with van der Waals surface area (Å²) in [5.41, 5.74) is 11.9. The van der Waals surface area contributed by atoms with E-state index in [0.717, 1.165) is 66.5 Å². The topological polar surface area (TPSA) is 84.5 Å². The molecule has 176 valence electrons. The first-order chi connectivity index (χ1) is 15.1. The lowest BCUT2D eigenvalue weighted by atomic mass is 9.73. The zero-order chi connectivity index (χ0) is 21.2. The number of hydrogen-bond acceptors (Lipinski definition) is 5. The third-order valence-corrected chi connectivity index (χ3v) is 7.45. The molecule has 2 aliphatic rings. The lowest BCUT2D eigenvalue weighted by molar-refractivity contribution is 0.0973. The van der Waals surface area contributed by atoms with Gasteiger partial charge < -0.3 is 20.4 Å². The average molecular weight is 485 g/mol. The SMILES string of the molecule is Cc1nc(N2CCC3(CC2)CO[C@@H](C)[C@H]3N)n2ccnc2c1-c1cccc2cc[nH]c12.S.S. The summed E-state index contributed by atoms with van der Waals surface area (Å²) in [5.74, 6) is 0.961. The Balaban J connectivity index is 0.00000130. The van der Waals surface area contributed by atoms with Crippen LogP contribution in [0.25, 0.3) is 27.7 Å². The molecule has 0 saturated carbocycles. The number of para-hydroxylation sites is 1. The van der Waals surface area contributed by atoms with Gasteiger partial charge in [0.1, 0.15) is 5.65 Å². The van der Waals surface area contributed by atoms with Crippen LogP contribution in [0.3, 0.4) is 0 Å². The summed E-state index contributed by atoms with van der Waals surface area (Å²) >= 11 is 0. The van der Waals surface area contributed by atoms with Crippen molar-refractivity contribution >= 4 is 49.5 Å². The molecule has 0 amide bonds. The highest BCUT2D eigenvalue weighted by Gasteiger charge is 2.47. The van der Waals surface area contributed by atoms with E-state index in [1.807, 2.05) is 18.6 Å². The minimum absolute atomic E-state index is 0. The number of H-pyrrole nitrogens is 1. The van der Waals surface area contributed by atoms with Gasteiger partial charge in [0.2, 0.25) is 5.95 Å². The molecule has 9 heteroatoms. The molecule has 1 spiro atoms. The van der Waals surface area contributed by atoms with E-state index >= 15 is 0 Å². The van der Waals surface area contributed by atoms with Crippen LogP contribution in [0.4, 0.5) is 5.95 Å². The summed E-state index contributed by atoms with van der Waals surface area (Å²) in [5, 5.41) is 1.19. The van der Waals surface area contributed by atoms with Gasteiger partial charge in [0, 0.05) is 54.3 Å². The number of anilines is 1. The Bertz CT molecular complexity index is 1280. The first-order valence-corrected chi connectivity index (χ1v) is 11.1. The van der Waals surface area contributed by atoms with Crippen molar-refractivity contribution in [2.24, 2.45) is 11.1 Å². The number of nitrogens with zero attached hydrogens (tertiary/aromatic N) is 4. The summed E-state index contributed by atoms with van der Waals surface area (Å²) in [4.78, 5) is 15.6. The zero-order valence-corrected chi connectivity index (χ0v) is 21.0. The summed E-state index contributed by atoms with van der Waals surface area (Å²) < 4.78 is 8.03. The molecular formula is C24H32N6OS2. The van der Waals surface area contributed by atoms with Crippen LogP contribution in [0, 0.1) is 12.3 Å². The molecule has 1 aromatic carbocycles. The minimum atomic E-state index is 0. The number of aromatic amines is 1. The zero-order valence-electron chi connectivity index (χ0n) is 19.0. The van der Waals surface area contributed by atoms with Crippen LogP contribution < -0.4 is 10.6 Å². The van der Waals surface area contributed by atoms with Crippen LogP contribution in [0.5, 0.6) is 0 Å². The highest BCUT2D eigenvalue weighted by molar-refractivity contribution is 7.59. The van der Waals surface area contributed by atoms with Crippen molar-refractivity contribution in [2.45, 2.75) is 38.8 Å². The maximum atomic E-state index is 6.51. The Morgan fingerprint density at radius 3 is 2.70 bits per heavy atom. The van der Waals surface area contributed by atoms with Gasteiger partial charge in [-0.2, -0.15) is 27.0 Å². The van der Waals surface area contributed by atoms with Crippen molar-refractivity contribution in [3.05, 3.63) is 48.5 Å². The maximum absolute atomic E-state index is 6.51. The van der Waals surface area contributed by atoms with Crippen molar-refractivity contribution in [1.82, 2.24) is 19.4 Å². The second-order valence-electron chi connectivity index (χ2n) is 9.13. The van der Waals surface area contributed by atoms with Gasteiger partial charge in [0.15, 0.2) is 0 Å². The largest absolute Gasteiger partial charge is 0.376 e. The van der Waals surface area contributed by atoms with Gasteiger partial charge in [-0.15, -0.1) is 0 Å². The van der Waals surface area contributed by atoms with Crippen molar-refractivity contribution in [3.8, 4) is 11.1 Å². The van der Waals surface area contributed by atoms with Crippen LogP contribution >= 0.6 is 27.0 Å². The van der Waals surface area contributed by atoms with Crippen LogP contribution in [0.1, 0.15) is 25.5 Å². The van der Waals surface area contributed by atoms with E-state index < -0.39 is 0 Å². The molecule has 2 saturated heterocycles. The predicted molar refractivity (Wildman–Crippen MR) is 143 cm³/mol. The van der Waals surface area contributed by atoms with Crippen molar-refractivity contribution in [2.75, 3.05) is 24.6 Å². The molecule has 2 fully saturated rings. The molecule has 2 atom stereocenters. The quantitative estimate of drug-likeness (QED) is 0.453. The lowest BCUT2D eigenvalue weighted by Gasteiger charge is -2.41. The molecule has 7 nitrogen and oxygen atoms in total. The highest BCUT2D eigenvalue weighted by Crippen LogP contribution is 2.42. The lowest BCUT2D eigenvalue weighted by Crippen LogP contribution is -2.51. The summed E-state index contributed by atoms with van der Waals surface area (Å²) in [6.45, 7) is 6.80. The second kappa shape index (κ2) is 8.87. The number of ether oxygens (including phenoxy) is 1. The average Bonchev–Trinajstić information content (AvgIpc) is 3.51. The Labute approximate surface area is 207 Å². The van der Waals surface area contributed by atoms with Crippen molar-refractivity contribution in [3.63, 3.8) is 0 Å². The van der Waals surface area contributed by atoms with Crippen LogP contribution in [-0.4, -0.2) is 51.2 Å². The van der Waals surface area contributed by atoms with Gasteiger partial charge >= 0.3 is 0 Å². The van der Waals surface area contributed by atoms with Crippen molar-refractivity contribution < 1.29 is 4.74 Å². The first kappa shape index (κ1) is 23.9. The summed E-state index contributed by atoms with van der Waals surface area (Å²) in [6, 6.07) is 8.57. The molecule has 33 heavy (non-hydrogen) atoms. The number of nitrogens with two attached hydrogens (primary N) is 1. The number of hydrogen-bond donors (Lipinski definition) is 2. The Kier molecular flexibility index (Phi) is 6.43. The normalized spacial score (nSPS) is 22.0. The third-order valence-electron chi connectivity index (χ3n) is 7.45. The number of rotatable bonds is 2. The minimum Gasteiger partial charge on any atom is -0.376 e. The number of benzene rings is 1. The molecule has 2 aliphatic heterocycles. The van der Waals surface area contributed by atoms with Gasteiger partial charge in [-0.25, -0.2) is 9.97 Å². The van der Waals surface area contributed by atoms with E-state index in [-0.39, 0.29) is 44.6 Å². The number of fused-ring (bicyclic) bond motifs is 2. The number of piperidine rings is 1. The molecular weight excluding hydrogens is 452 g/mol. The van der Waals surface area contributed by atoms with E-state index in [2.05, 4.69) is 52.4 Å². The molecule has 3 aromatic heterocycles. The van der Waals surface area contributed by atoms with Gasteiger partial charge in [-0.3, -0.25) is 4.40 Å². The van der Waals surface area contributed by atoms with E-state index in [4.69, 9.17) is 20.4 Å². The molecule has 4 aromatic rings. The fourth-order valence-electron chi connectivity index (χ4n) is 5.53. The van der Waals surface area contributed by atoms with Gasteiger partial charge in [0.05, 0.1) is 23.9 Å². The van der Waals surface area contributed by atoms with Gasteiger partial charge in [-0.05, 0) is 38.1 Å². The van der Waals surface area contributed by atoms with E-state index in [0.29, 0.717) is 0 Å². The Morgan fingerprint density at radius 1 is 1.18 bits per heavy atom. The molecule has 0 aliphatic carbocycles. The number of nitrogens with one attached hydrogen (secondary N) is 1. The van der Waals surface area contributed by atoms with Gasteiger partial charge in [0.25, 0.3) is 0 Å². The predicted octanol–water partition coefficient (Wildman–Crippen LogP) is 3.74. The maximum Gasteiger partial charge on any atom is 0.211 e. The van der Waals surface area contributed by atoms with E-state index in [9.17, 15) is 0 Å². The van der Waals surface area contributed by atoms with E-state index in [1.165, 1.54) is 5.39 Å². The molecule has 5 heterocycles. The summed E-state index contributed by atoms with van der Waals surface area (Å²) in [7, 11) is 0. The number of aromatic nitrogens is 4. The third kappa shape index (κ3) is 3.62. The molecule has 3 N–H and O–H groups in total. The standard InChI is InChI=1S/C24H28N6O.2H2S/c1-15-19(18-5-3-4-17-6-9-26-20(17)18)22-27-10-13-30(22)23(28-15)29-11-7-24(8-12-29)14-31-16(2)21(24)25;;/h3-6,9-10,13,16,21,26H,7-8,11-12,14,25H2,1-2H3;2*1H2/t16-,21+;;/m0../s1. The Hall–Kier alpha value is -2.20. The molecule has 0 unspecified atom stereocenters. The highest BCUT2D eigenvalue weighted by atomic mass is 32.1. The smallest absolute Gasteiger partial charge is 0.211 e. The van der Waals surface area contributed by atoms with Crippen LogP contribution in [0.2, 0.25) is 0 Å². The van der Waals surface area contributed by atoms with Crippen LogP contribution in [0.15, 0.2) is 42.9 Å². The molecule has 0 bridgehead atoms.